The average Bonchev–Trinajstić information content (AvgIpc) is 0.770. The molecular formula is C82H146N4O38. The lowest BCUT2D eigenvalue weighted by molar-refractivity contribution is -0.391. The predicted octanol–water partition coefficient (Wildman–Crippen LogP) is -5.24. The Morgan fingerprint density at radius 2 is 0.637 bits per heavy atom. The molecular weight excluding hydrogens is 1650 g/mol. The van der Waals surface area contributed by atoms with E-state index < -0.39 is 303 Å². The molecule has 7 rings (SSSR count). The molecule has 7 aliphatic rings. The number of ether oxygens (including phenoxy) is 14. The Balaban J connectivity index is 1.10. The van der Waals surface area contributed by atoms with Gasteiger partial charge in [0, 0.05) is 27.2 Å². The molecule has 7 aliphatic heterocycles. The lowest BCUT2D eigenvalue weighted by atomic mass is 9.94. The molecule has 0 bridgehead atoms. The number of allylic oxidation sites excluding steroid dienone is 1. The summed E-state index contributed by atoms with van der Waals surface area (Å²) in [6, 6.07) is -6.21. The normalized spacial score (nSPS) is 38.4. The maximum absolute atomic E-state index is 13.7. The maximum atomic E-state index is 13.7. The van der Waals surface area contributed by atoms with E-state index in [1.54, 1.807) is 0 Å². The minimum atomic E-state index is -2.39. The monoisotopic (exact) mass is 1790 g/mol. The van der Waals surface area contributed by atoms with Crippen molar-refractivity contribution < 1.29 is 188 Å². The summed E-state index contributed by atoms with van der Waals surface area (Å²) in [6.45, 7) is -0.121. The second kappa shape index (κ2) is 55.6. The van der Waals surface area contributed by atoms with E-state index in [9.17, 15) is 121 Å². The molecule has 0 aliphatic carbocycles. The van der Waals surface area contributed by atoms with Gasteiger partial charge in [-0.3, -0.25) is 19.2 Å². The Labute approximate surface area is 723 Å². The largest absolute Gasteiger partial charge is 0.394 e. The first kappa shape index (κ1) is 107. The average molecular weight is 1800 g/mol. The third kappa shape index (κ3) is 31.2. The van der Waals surface area contributed by atoms with E-state index in [4.69, 9.17) is 66.3 Å². The summed E-state index contributed by atoms with van der Waals surface area (Å²) in [7, 11) is 0. The highest BCUT2D eigenvalue weighted by atomic mass is 16.8. The summed E-state index contributed by atoms with van der Waals surface area (Å²) in [4.78, 5) is 51.3. The van der Waals surface area contributed by atoms with Gasteiger partial charge in [0.15, 0.2) is 44.0 Å². The van der Waals surface area contributed by atoms with E-state index in [1.165, 1.54) is 89.5 Å². The number of aliphatic hydroxyl groups excluding tert-OH is 20. The molecule has 0 aromatic heterocycles. The molecule has 0 saturated carbocycles. The molecule has 124 heavy (non-hydrogen) atoms. The summed E-state index contributed by atoms with van der Waals surface area (Å²) < 4.78 is 83.6. The smallest absolute Gasteiger partial charge is 0.220 e. The second-order valence-electron chi connectivity index (χ2n) is 33.5. The third-order valence-electron chi connectivity index (χ3n) is 23.7. The fraction of sp³-hybridized carbons (Fsp3) is 0.927. The summed E-state index contributed by atoms with van der Waals surface area (Å²) in [6.07, 6.45) is -33.9. The number of carbonyl (C=O) groups is 4. The van der Waals surface area contributed by atoms with Crippen molar-refractivity contribution in [1.29, 1.82) is 0 Å². The first-order valence-corrected chi connectivity index (χ1v) is 44.5. The molecule has 37 atom stereocenters. The Morgan fingerprint density at radius 3 is 1.06 bits per heavy atom. The minimum absolute atomic E-state index is 0.124. The molecule has 7 saturated heterocycles. The fourth-order valence-corrected chi connectivity index (χ4v) is 16.5. The van der Waals surface area contributed by atoms with Gasteiger partial charge in [0.1, 0.15) is 171 Å². The van der Waals surface area contributed by atoms with Crippen molar-refractivity contribution in [2.24, 2.45) is 0 Å². The van der Waals surface area contributed by atoms with E-state index in [2.05, 4.69) is 35.1 Å². The quantitative estimate of drug-likeness (QED) is 0.0200. The maximum Gasteiger partial charge on any atom is 0.220 e. The standard InChI is InChI=1S/C82H146N4O38/c1-6-8-10-12-14-16-18-20-22-24-26-28-30-32-46(96)45(86-54(97)33-31-29-27-25-23-21-19-17-15-13-11-9-7-2)40-111-79-67(107)65(105)73(51(38-91)117-79)122-82-70(110)75(124-81-69(109)74(60(100)49(36-89)115-81)123-78-56(84-43(4)94)63(103)59(99)48(35-88)114-78)61(101)53(119-82)41-112-76-57(85-44(5)95)64(104)71(50(37-90)116-76)121-80-68(108)66(106)72(52(39-92)118-80)120-77-55(83-42(3)93)62(102)58(98)47(34-87)113-77/h30,32,45-53,55-82,87-92,96,98-110H,6-29,31,33-41H2,1-5H3,(H,83,93)(H,84,94)(H,85,95)(H,86,97)/b32-30+/t45-,46+,47?,48?,49?,50?,51?,52?,53?,55?,56?,57?,58-,59-,60-,61-,62+,63+,64+,65+,66+,67?,68?,69?,70?,71+,72-,73+,74-,75-,76+,77-,78-,79+,80-,81+,82-/m0/s1. The number of aliphatic hydroxyl groups is 20. The van der Waals surface area contributed by atoms with Crippen LogP contribution in [0.5, 0.6) is 0 Å². The Hall–Kier alpha value is -3.74. The van der Waals surface area contributed by atoms with Crippen molar-refractivity contribution in [2.45, 2.75) is 428 Å². The van der Waals surface area contributed by atoms with Crippen LogP contribution in [0.1, 0.15) is 202 Å². The Bertz CT molecular complexity index is 3020. The third-order valence-corrected chi connectivity index (χ3v) is 23.7. The molecule has 24 N–H and O–H groups in total. The van der Waals surface area contributed by atoms with Crippen molar-refractivity contribution in [3.05, 3.63) is 12.2 Å². The van der Waals surface area contributed by atoms with Gasteiger partial charge in [0.25, 0.3) is 0 Å². The van der Waals surface area contributed by atoms with Gasteiger partial charge in [-0.05, 0) is 19.3 Å². The van der Waals surface area contributed by atoms with Crippen LogP contribution in [0.2, 0.25) is 0 Å². The van der Waals surface area contributed by atoms with Crippen molar-refractivity contribution in [1.82, 2.24) is 21.3 Å². The van der Waals surface area contributed by atoms with Crippen LogP contribution in [0.15, 0.2) is 12.2 Å². The molecule has 0 aromatic rings. The summed E-state index contributed by atoms with van der Waals surface area (Å²) in [5.41, 5.74) is 0. The van der Waals surface area contributed by atoms with Crippen molar-refractivity contribution in [3.63, 3.8) is 0 Å². The number of rotatable bonds is 54. The van der Waals surface area contributed by atoms with Gasteiger partial charge in [0.2, 0.25) is 23.6 Å². The molecule has 7 fully saturated rings. The number of hydrogen-bond donors (Lipinski definition) is 24. The van der Waals surface area contributed by atoms with Crippen LogP contribution in [-0.4, -0.2) is 406 Å². The predicted molar refractivity (Wildman–Crippen MR) is 429 cm³/mol. The van der Waals surface area contributed by atoms with Gasteiger partial charge in [0.05, 0.1) is 65.0 Å². The van der Waals surface area contributed by atoms with Crippen molar-refractivity contribution >= 4 is 23.6 Å². The first-order valence-electron chi connectivity index (χ1n) is 44.5. The number of unbranched alkanes of at least 4 members (excludes halogenated alkanes) is 23. The van der Waals surface area contributed by atoms with Gasteiger partial charge < -0.3 is 190 Å². The molecule has 4 amide bonds. The van der Waals surface area contributed by atoms with Gasteiger partial charge in [-0.2, -0.15) is 0 Å². The number of hydrogen-bond acceptors (Lipinski definition) is 38. The van der Waals surface area contributed by atoms with Crippen LogP contribution < -0.4 is 21.3 Å². The van der Waals surface area contributed by atoms with Crippen LogP contribution in [0.25, 0.3) is 0 Å². The van der Waals surface area contributed by atoms with Crippen molar-refractivity contribution in [2.75, 3.05) is 52.9 Å². The van der Waals surface area contributed by atoms with Crippen LogP contribution in [-0.2, 0) is 85.5 Å². The topological polar surface area (TPSA) is 650 Å². The van der Waals surface area contributed by atoms with E-state index in [-0.39, 0.29) is 6.42 Å². The van der Waals surface area contributed by atoms with Crippen LogP contribution in [0.4, 0.5) is 0 Å². The lowest BCUT2D eigenvalue weighted by Gasteiger charge is -2.50. The van der Waals surface area contributed by atoms with Crippen LogP contribution >= 0.6 is 0 Å². The molecule has 42 heteroatoms. The van der Waals surface area contributed by atoms with Gasteiger partial charge in [-0.1, -0.05) is 167 Å². The van der Waals surface area contributed by atoms with Gasteiger partial charge >= 0.3 is 0 Å². The summed E-state index contributed by atoms with van der Waals surface area (Å²) >= 11 is 0. The van der Waals surface area contributed by atoms with Crippen LogP contribution in [0.3, 0.4) is 0 Å². The zero-order valence-electron chi connectivity index (χ0n) is 71.9. The Kier molecular flexibility index (Phi) is 48.1. The molecule has 14 unspecified atom stereocenters. The first-order chi connectivity index (χ1) is 59.4. The Morgan fingerprint density at radius 1 is 0.323 bits per heavy atom. The van der Waals surface area contributed by atoms with E-state index in [0.29, 0.717) is 12.8 Å². The highest BCUT2D eigenvalue weighted by Gasteiger charge is 2.59. The highest BCUT2D eigenvalue weighted by Crippen LogP contribution is 2.39. The van der Waals surface area contributed by atoms with Gasteiger partial charge in [-0.25, -0.2) is 0 Å². The molecule has 0 aromatic carbocycles. The molecule has 0 spiro atoms. The van der Waals surface area contributed by atoms with Crippen LogP contribution in [0, 0.1) is 0 Å². The van der Waals surface area contributed by atoms with E-state index in [1.807, 2.05) is 6.08 Å². The SMILES string of the molecule is CCCCCCCCCCCCC/C=C/[C@@H](O)[C@H](CO[C@@H]1OC(CO)[C@@H](O[C@@H]2OC(CO[C@@H]3OC(CO)[C@@H](O[C@@H]4OC(CO)[C@H](O[C@@H]5OC(CO)[C@H](O)[C@H](O)C5NC(C)=O)[C@H](O)C4O)[C@H](O)C3NC(C)=O)[C@H](O)[C@H](O[C@H]3OC(CO)[C@H](O)[C@H](O[C@@H]4OC(CO)[C@H](O)[C@H](O)C4NC(C)=O)C3O)C2O)[C@H](O)C1O)NC(=O)CCCCCCCCCCCCCCC. The summed E-state index contributed by atoms with van der Waals surface area (Å²) in [5, 5.41) is 236. The molecule has 42 nitrogen and oxygen atoms in total. The van der Waals surface area contributed by atoms with Gasteiger partial charge in [-0.15, -0.1) is 0 Å². The summed E-state index contributed by atoms with van der Waals surface area (Å²) in [5.74, 6) is -2.81. The van der Waals surface area contributed by atoms with E-state index >= 15 is 0 Å². The second-order valence-corrected chi connectivity index (χ2v) is 33.5. The van der Waals surface area contributed by atoms with E-state index in [0.717, 1.165) is 85.0 Å². The lowest BCUT2D eigenvalue weighted by Crippen LogP contribution is -2.69. The minimum Gasteiger partial charge on any atom is -0.394 e. The number of carbonyl (C=O) groups excluding carboxylic acids is 4. The zero-order chi connectivity index (χ0) is 90.9. The van der Waals surface area contributed by atoms with Crippen molar-refractivity contribution in [3.8, 4) is 0 Å². The number of amides is 4. The highest BCUT2D eigenvalue weighted by molar-refractivity contribution is 5.76. The molecule has 7 heterocycles. The fourth-order valence-electron chi connectivity index (χ4n) is 16.5. The number of nitrogens with one attached hydrogen (secondary N) is 4. The zero-order valence-corrected chi connectivity index (χ0v) is 71.9. The molecule has 0 radical (unpaired) electrons. The molecule has 722 valence electrons.